The Morgan fingerprint density at radius 2 is 1.77 bits per heavy atom. The third-order valence-corrected chi connectivity index (χ3v) is 11.9. The van der Waals surface area contributed by atoms with Gasteiger partial charge in [0.15, 0.2) is 0 Å². The molecule has 0 aromatic heterocycles. The summed E-state index contributed by atoms with van der Waals surface area (Å²) in [5.74, 6) is -1.34. The number of hydrogen-bond acceptors (Lipinski definition) is 5. The molecule has 7 atom stereocenters. The molecule has 1 N–H and O–H groups in total. The number of rotatable bonds is 12. The fourth-order valence-corrected chi connectivity index (χ4v) is 11.3. The molecule has 3 unspecified atom stereocenters. The molecule has 9 heteroatoms. The third kappa shape index (κ3) is 5.94. The molecule has 3 heterocycles. The van der Waals surface area contributed by atoms with Gasteiger partial charge in [-0.2, -0.15) is 0 Å². The minimum atomic E-state index is -0.780. The summed E-state index contributed by atoms with van der Waals surface area (Å²) in [6.45, 7) is 23.0. The second-order valence-electron chi connectivity index (χ2n) is 14.2. The lowest BCUT2D eigenvalue weighted by Crippen LogP contribution is -2.62. The molecule has 0 radical (unpaired) electrons. The Morgan fingerprint density at radius 3 is 2.27 bits per heavy atom. The largest absolute Gasteiger partial charge is 0.394 e. The van der Waals surface area contributed by atoms with Crippen molar-refractivity contribution in [1.82, 2.24) is 14.7 Å². The van der Waals surface area contributed by atoms with Crippen LogP contribution in [-0.2, 0) is 14.4 Å². The Morgan fingerprint density at radius 1 is 1.18 bits per heavy atom. The van der Waals surface area contributed by atoms with E-state index in [4.69, 9.17) is 0 Å². The van der Waals surface area contributed by atoms with Crippen molar-refractivity contribution in [1.29, 1.82) is 0 Å². The number of alkyl halides is 1. The number of fused-ring (bicyclic) bond motifs is 1. The molecule has 0 aromatic carbocycles. The molecule has 0 aromatic rings. The minimum Gasteiger partial charge on any atom is -0.394 e. The molecule has 3 saturated heterocycles. The number of amides is 3. The molecule has 3 fully saturated rings. The second-order valence-corrected chi connectivity index (χ2v) is 16.9. The van der Waals surface area contributed by atoms with Crippen molar-refractivity contribution in [3.8, 4) is 0 Å². The normalized spacial score (nSPS) is 30.4. The van der Waals surface area contributed by atoms with Gasteiger partial charge in [-0.25, -0.2) is 0 Å². The van der Waals surface area contributed by atoms with E-state index in [1.807, 2.05) is 4.90 Å². The number of aliphatic hydroxyl groups excluding tert-OH is 1. The topological polar surface area (TPSA) is 81.2 Å². The number of aliphatic hydroxyl groups is 1. The first-order chi connectivity index (χ1) is 18.5. The van der Waals surface area contributed by atoms with Crippen LogP contribution < -0.4 is 0 Å². The summed E-state index contributed by atoms with van der Waals surface area (Å²) < 4.78 is -0.760. The standard InChI is InChI=1S/C31H50BrN3O4S/c1-11-13-33(10)26(37)22-23-27(38)35(20(17-36)15-19(3)4)25(31(23)16-21(32)24(22)40-31)28(39)34(14-12-2)30(8,9)18-29(5,6)7/h11-12,19-25,36H,1-2,13-18H2,3-10H3/t20-,21?,22-,23+,24-,25?,31?/m1/s1. The molecular weight excluding hydrogens is 590 g/mol. The van der Waals surface area contributed by atoms with E-state index < -0.39 is 34.2 Å². The van der Waals surface area contributed by atoms with Crippen molar-refractivity contribution < 1.29 is 19.5 Å². The van der Waals surface area contributed by atoms with Gasteiger partial charge in [0.1, 0.15) is 6.04 Å². The maximum Gasteiger partial charge on any atom is 0.247 e. The second kappa shape index (κ2) is 12.1. The number of likely N-dealkylation sites (tertiary alicyclic amines) is 1. The van der Waals surface area contributed by atoms with Crippen molar-refractivity contribution in [2.75, 3.05) is 26.7 Å². The number of hydrogen-bond donors (Lipinski definition) is 1. The van der Waals surface area contributed by atoms with Crippen molar-refractivity contribution in [2.45, 2.75) is 100 Å². The number of likely N-dealkylation sites (N-methyl/N-ethyl adjacent to an activating group) is 1. The van der Waals surface area contributed by atoms with Crippen LogP contribution in [0.4, 0.5) is 0 Å². The van der Waals surface area contributed by atoms with E-state index in [0.717, 1.165) is 6.42 Å². The predicted octanol–water partition coefficient (Wildman–Crippen LogP) is 4.73. The van der Waals surface area contributed by atoms with Crippen LogP contribution in [-0.4, -0.2) is 96.7 Å². The quantitative estimate of drug-likeness (QED) is 0.247. The van der Waals surface area contributed by atoms with Crippen molar-refractivity contribution in [3.05, 3.63) is 25.3 Å². The number of halogens is 1. The first-order valence-electron chi connectivity index (χ1n) is 14.5. The summed E-state index contributed by atoms with van der Waals surface area (Å²) in [4.78, 5) is 48.5. The third-order valence-electron chi connectivity index (χ3n) is 8.64. The Labute approximate surface area is 254 Å². The molecular formula is C31H50BrN3O4S. The molecule has 3 aliphatic rings. The van der Waals surface area contributed by atoms with Gasteiger partial charge in [0, 0.05) is 35.8 Å². The van der Waals surface area contributed by atoms with E-state index in [-0.39, 0.29) is 45.7 Å². The molecule has 40 heavy (non-hydrogen) atoms. The zero-order valence-corrected chi connectivity index (χ0v) is 28.1. The van der Waals surface area contributed by atoms with Crippen molar-refractivity contribution in [3.63, 3.8) is 0 Å². The van der Waals surface area contributed by atoms with Crippen LogP contribution in [0, 0.1) is 23.2 Å². The van der Waals surface area contributed by atoms with Gasteiger partial charge in [-0.1, -0.05) is 62.7 Å². The van der Waals surface area contributed by atoms with E-state index in [1.54, 1.807) is 40.8 Å². The van der Waals surface area contributed by atoms with E-state index in [9.17, 15) is 19.5 Å². The lowest BCUT2D eigenvalue weighted by atomic mass is 9.70. The summed E-state index contributed by atoms with van der Waals surface area (Å²) in [7, 11) is 1.74. The molecule has 0 aliphatic carbocycles. The molecule has 3 rings (SSSR count). The number of thioether (sulfide) groups is 1. The first kappa shape index (κ1) is 33.2. The molecule has 3 aliphatic heterocycles. The summed E-state index contributed by atoms with van der Waals surface area (Å²) in [5.41, 5.74) is -0.538. The summed E-state index contributed by atoms with van der Waals surface area (Å²) in [6.07, 6.45) is 5.38. The van der Waals surface area contributed by atoms with Crippen molar-refractivity contribution in [2.24, 2.45) is 23.2 Å². The summed E-state index contributed by atoms with van der Waals surface area (Å²) >= 11 is 5.49. The van der Waals surface area contributed by atoms with Crippen LogP contribution in [0.25, 0.3) is 0 Å². The Kier molecular flexibility index (Phi) is 10.1. The maximum atomic E-state index is 14.9. The highest BCUT2D eigenvalue weighted by atomic mass is 79.9. The first-order valence-corrected chi connectivity index (χ1v) is 16.3. The van der Waals surface area contributed by atoms with Crippen LogP contribution in [0.3, 0.4) is 0 Å². The average molecular weight is 641 g/mol. The van der Waals surface area contributed by atoms with Gasteiger partial charge in [0.2, 0.25) is 17.7 Å². The average Bonchev–Trinajstić information content (AvgIpc) is 3.41. The van der Waals surface area contributed by atoms with Gasteiger partial charge in [0.25, 0.3) is 0 Å². The SMILES string of the molecule is C=CCN(C)C(=O)[C@H]1[C@@H]2SC3(CC2Br)C(C(=O)N(CC=C)C(C)(C)CC(C)(C)C)N([C@@H](CO)CC(C)C)C(=O)[C@H]13. The summed E-state index contributed by atoms with van der Waals surface area (Å²) in [5, 5.41) is 10.5. The summed E-state index contributed by atoms with van der Waals surface area (Å²) in [6, 6.07) is -1.29. The molecule has 226 valence electrons. The highest BCUT2D eigenvalue weighted by Gasteiger charge is 2.76. The fraction of sp³-hybridized carbons (Fsp3) is 0.774. The Balaban J connectivity index is 2.19. The Hall–Kier alpha value is -1.32. The van der Waals surface area contributed by atoms with Crippen LogP contribution in [0.5, 0.6) is 0 Å². The molecule has 7 nitrogen and oxygen atoms in total. The van der Waals surface area contributed by atoms with Crippen LogP contribution in [0.15, 0.2) is 25.3 Å². The van der Waals surface area contributed by atoms with Crippen molar-refractivity contribution >= 4 is 45.4 Å². The van der Waals surface area contributed by atoms with Crippen LogP contribution >= 0.6 is 27.7 Å². The van der Waals surface area contributed by atoms with E-state index in [0.29, 0.717) is 25.9 Å². The smallest absolute Gasteiger partial charge is 0.247 e. The van der Waals surface area contributed by atoms with Gasteiger partial charge >= 0.3 is 0 Å². The number of carbonyl (C=O) groups is 3. The van der Waals surface area contributed by atoms with Gasteiger partial charge in [-0.05, 0) is 44.4 Å². The maximum absolute atomic E-state index is 14.9. The van der Waals surface area contributed by atoms with E-state index in [2.05, 4.69) is 77.6 Å². The lowest BCUT2D eigenvalue weighted by molar-refractivity contribution is -0.149. The predicted molar refractivity (Wildman–Crippen MR) is 167 cm³/mol. The van der Waals surface area contributed by atoms with Gasteiger partial charge in [0.05, 0.1) is 29.2 Å². The van der Waals surface area contributed by atoms with Gasteiger partial charge in [-0.15, -0.1) is 24.9 Å². The number of carbonyl (C=O) groups excluding carboxylic acids is 3. The van der Waals surface area contributed by atoms with E-state index in [1.165, 1.54) is 0 Å². The molecule has 2 bridgehead atoms. The zero-order valence-electron chi connectivity index (χ0n) is 25.7. The van der Waals surface area contributed by atoms with E-state index >= 15 is 0 Å². The highest BCUT2D eigenvalue weighted by molar-refractivity contribution is 9.09. The molecule has 1 spiro atoms. The van der Waals surface area contributed by atoms with Crippen LogP contribution in [0.2, 0.25) is 0 Å². The van der Waals surface area contributed by atoms with Gasteiger partial charge < -0.3 is 19.8 Å². The minimum absolute atomic E-state index is 0.00371. The zero-order chi connectivity index (χ0) is 30.4. The Bertz CT molecular complexity index is 1010. The molecule has 3 amide bonds. The highest BCUT2D eigenvalue weighted by Crippen LogP contribution is 2.68. The number of nitrogens with zero attached hydrogens (tertiary/aromatic N) is 3. The fourth-order valence-electron chi connectivity index (χ4n) is 7.69. The van der Waals surface area contributed by atoms with Gasteiger partial charge in [-0.3, -0.25) is 14.4 Å². The molecule has 0 saturated carbocycles. The monoisotopic (exact) mass is 639 g/mol. The lowest BCUT2D eigenvalue weighted by Gasteiger charge is -2.47. The van der Waals surface area contributed by atoms with Crippen LogP contribution in [0.1, 0.15) is 67.7 Å².